The van der Waals surface area contributed by atoms with Crippen molar-refractivity contribution < 1.29 is 19.1 Å². The van der Waals surface area contributed by atoms with E-state index in [0.717, 1.165) is 57.2 Å². The molecule has 1 unspecified atom stereocenters. The molecule has 1 heterocycles. The lowest BCUT2D eigenvalue weighted by Gasteiger charge is -2.20. The van der Waals surface area contributed by atoms with Gasteiger partial charge in [0, 0.05) is 32.5 Å². The van der Waals surface area contributed by atoms with Gasteiger partial charge in [-0.05, 0) is 31.2 Å². The lowest BCUT2D eigenvalue weighted by Crippen LogP contribution is -2.48. The lowest BCUT2D eigenvalue weighted by atomic mass is 10.1. The predicted molar refractivity (Wildman–Crippen MR) is 111 cm³/mol. The first kappa shape index (κ1) is 22.9. The third-order valence-corrected chi connectivity index (χ3v) is 5.03. The van der Waals surface area contributed by atoms with E-state index in [1.165, 1.54) is 0 Å². The highest BCUT2D eigenvalue weighted by atomic mass is 16.5. The summed E-state index contributed by atoms with van der Waals surface area (Å²) in [4.78, 5) is 37.5. The number of unbranched alkanes of at least 4 members (excludes halogenated alkanes) is 3. The number of benzene rings is 1. The van der Waals surface area contributed by atoms with Crippen LogP contribution in [-0.2, 0) is 25.7 Å². The molecule has 1 aliphatic heterocycles. The van der Waals surface area contributed by atoms with Crippen molar-refractivity contribution in [3.05, 3.63) is 35.9 Å². The van der Waals surface area contributed by atoms with E-state index in [9.17, 15) is 14.4 Å². The van der Waals surface area contributed by atoms with Crippen LogP contribution in [0, 0.1) is 0 Å². The highest BCUT2D eigenvalue weighted by Crippen LogP contribution is 2.09. The third kappa shape index (κ3) is 9.09. The molecule has 7 nitrogen and oxygen atoms in total. The van der Waals surface area contributed by atoms with Crippen LogP contribution >= 0.6 is 0 Å². The highest BCUT2D eigenvalue weighted by Gasteiger charge is 2.23. The average molecular weight is 404 g/mol. The van der Waals surface area contributed by atoms with E-state index in [1.54, 1.807) is 4.90 Å². The number of hydrogen-bond donors (Lipinski definition) is 2. The standard InChI is InChI=1S/C22H33N3O4/c23-19(22(28)25-14-8-9-15-25)16-24-20(26)12-6-1-2-7-13-21(27)29-17-18-10-4-3-5-11-18/h3-5,10-11,19H,1-2,6-9,12-17,23H2,(H,24,26). The monoisotopic (exact) mass is 403 g/mol. The smallest absolute Gasteiger partial charge is 0.306 e. The van der Waals surface area contributed by atoms with Gasteiger partial charge in [0.25, 0.3) is 0 Å². The first-order valence-corrected chi connectivity index (χ1v) is 10.6. The van der Waals surface area contributed by atoms with Gasteiger partial charge in [0.2, 0.25) is 11.8 Å². The number of hydrogen-bond acceptors (Lipinski definition) is 5. The van der Waals surface area contributed by atoms with Gasteiger partial charge >= 0.3 is 5.97 Å². The predicted octanol–water partition coefficient (Wildman–Crippen LogP) is 2.14. The van der Waals surface area contributed by atoms with Gasteiger partial charge in [-0.1, -0.05) is 43.2 Å². The second-order valence-electron chi connectivity index (χ2n) is 7.50. The number of nitrogens with two attached hydrogens (primary N) is 1. The number of nitrogens with zero attached hydrogens (tertiary/aromatic N) is 1. The number of likely N-dealkylation sites (tertiary alicyclic amines) is 1. The number of carbonyl (C=O) groups is 3. The Labute approximate surface area is 173 Å². The van der Waals surface area contributed by atoms with Crippen molar-refractivity contribution in [3.8, 4) is 0 Å². The van der Waals surface area contributed by atoms with E-state index in [2.05, 4.69) is 5.32 Å². The maximum atomic E-state index is 12.1. The lowest BCUT2D eigenvalue weighted by molar-refractivity contribution is -0.145. The van der Waals surface area contributed by atoms with E-state index in [4.69, 9.17) is 10.5 Å². The molecule has 3 N–H and O–H groups in total. The van der Waals surface area contributed by atoms with Gasteiger partial charge in [-0.15, -0.1) is 0 Å². The van der Waals surface area contributed by atoms with E-state index in [-0.39, 0.29) is 24.3 Å². The number of rotatable bonds is 12. The summed E-state index contributed by atoms with van der Waals surface area (Å²) >= 11 is 0. The summed E-state index contributed by atoms with van der Waals surface area (Å²) in [6.45, 7) is 2.02. The minimum Gasteiger partial charge on any atom is -0.461 e. The van der Waals surface area contributed by atoms with Gasteiger partial charge in [-0.25, -0.2) is 0 Å². The molecule has 1 saturated heterocycles. The number of esters is 1. The summed E-state index contributed by atoms with van der Waals surface area (Å²) in [6, 6.07) is 8.94. The van der Waals surface area contributed by atoms with E-state index >= 15 is 0 Å². The Kier molecular flexibility index (Phi) is 10.2. The average Bonchev–Trinajstić information content (AvgIpc) is 3.28. The molecule has 7 heteroatoms. The summed E-state index contributed by atoms with van der Waals surface area (Å²) in [5, 5.41) is 2.74. The maximum Gasteiger partial charge on any atom is 0.306 e. The summed E-state index contributed by atoms with van der Waals surface area (Å²) in [7, 11) is 0. The van der Waals surface area contributed by atoms with Crippen LogP contribution in [0.2, 0.25) is 0 Å². The molecule has 29 heavy (non-hydrogen) atoms. The van der Waals surface area contributed by atoms with Crippen LogP contribution in [0.3, 0.4) is 0 Å². The van der Waals surface area contributed by atoms with Gasteiger partial charge < -0.3 is 20.7 Å². The van der Waals surface area contributed by atoms with E-state index in [0.29, 0.717) is 19.4 Å². The number of carbonyl (C=O) groups excluding carboxylic acids is 3. The zero-order valence-electron chi connectivity index (χ0n) is 17.1. The van der Waals surface area contributed by atoms with Gasteiger partial charge in [0.05, 0.1) is 0 Å². The van der Waals surface area contributed by atoms with Crippen LogP contribution in [0.25, 0.3) is 0 Å². The molecule has 160 valence electrons. The number of nitrogens with one attached hydrogen (secondary N) is 1. The Balaban J connectivity index is 1.44. The molecule has 1 aromatic rings. The minimum absolute atomic E-state index is 0.0815. The fourth-order valence-electron chi connectivity index (χ4n) is 3.29. The van der Waals surface area contributed by atoms with Crippen LogP contribution in [0.1, 0.15) is 56.9 Å². The second kappa shape index (κ2) is 12.9. The van der Waals surface area contributed by atoms with Crippen LogP contribution in [0.5, 0.6) is 0 Å². The molecule has 0 aliphatic carbocycles. The first-order valence-electron chi connectivity index (χ1n) is 10.6. The quantitative estimate of drug-likeness (QED) is 0.411. The maximum absolute atomic E-state index is 12.1. The fourth-order valence-corrected chi connectivity index (χ4v) is 3.29. The molecule has 2 rings (SSSR count). The van der Waals surface area contributed by atoms with Crippen LogP contribution in [-0.4, -0.2) is 48.4 Å². The Bertz CT molecular complexity index is 645. The molecule has 0 spiro atoms. The molecule has 1 aromatic carbocycles. The summed E-state index contributed by atoms with van der Waals surface area (Å²) < 4.78 is 5.24. The largest absolute Gasteiger partial charge is 0.461 e. The molecular weight excluding hydrogens is 370 g/mol. The van der Waals surface area contributed by atoms with Gasteiger partial charge in [-0.3, -0.25) is 14.4 Å². The van der Waals surface area contributed by atoms with Crippen molar-refractivity contribution in [2.45, 2.75) is 64.0 Å². The summed E-state index contributed by atoms with van der Waals surface area (Å²) in [5.74, 6) is -0.359. The van der Waals surface area contributed by atoms with Crippen LogP contribution in [0.15, 0.2) is 30.3 Å². The van der Waals surface area contributed by atoms with Crippen molar-refractivity contribution in [1.29, 1.82) is 0 Å². The molecule has 0 bridgehead atoms. The van der Waals surface area contributed by atoms with Gasteiger partial charge in [0.1, 0.15) is 12.6 Å². The number of amides is 2. The van der Waals surface area contributed by atoms with Crippen molar-refractivity contribution >= 4 is 17.8 Å². The summed E-state index contributed by atoms with van der Waals surface area (Å²) in [5.41, 5.74) is 6.86. The third-order valence-electron chi connectivity index (χ3n) is 5.03. The molecule has 0 radical (unpaired) electrons. The molecule has 0 aromatic heterocycles. The zero-order valence-corrected chi connectivity index (χ0v) is 17.1. The Morgan fingerprint density at radius 2 is 1.66 bits per heavy atom. The topological polar surface area (TPSA) is 102 Å². The Morgan fingerprint density at radius 3 is 2.34 bits per heavy atom. The van der Waals surface area contributed by atoms with E-state index in [1.807, 2.05) is 30.3 Å². The van der Waals surface area contributed by atoms with Crippen molar-refractivity contribution in [1.82, 2.24) is 10.2 Å². The van der Waals surface area contributed by atoms with Gasteiger partial charge in [0.15, 0.2) is 0 Å². The summed E-state index contributed by atoms with van der Waals surface area (Å²) in [6.07, 6.45) is 6.10. The zero-order chi connectivity index (χ0) is 20.9. The van der Waals surface area contributed by atoms with Gasteiger partial charge in [-0.2, -0.15) is 0 Å². The molecule has 1 fully saturated rings. The molecular formula is C22H33N3O4. The van der Waals surface area contributed by atoms with E-state index < -0.39 is 6.04 Å². The Morgan fingerprint density at radius 1 is 1.00 bits per heavy atom. The fraction of sp³-hybridized carbons (Fsp3) is 0.591. The molecule has 1 aliphatic rings. The SMILES string of the molecule is NC(CNC(=O)CCCCCCC(=O)OCc1ccccc1)C(=O)N1CCCC1. The van der Waals surface area contributed by atoms with Crippen LogP contribution < -0.4 is 11.1 Å². The Hall–Kier alpha value is -2.41. The first-order chi connectivity index (χ1) is 14.1. The van der Waals surface area contributed by atoms with Crippen molar-refractivity contribution in [2.24, 2.45) is 5.73 Å². The molecule has 1 atom stereocenters. The molecule has 0 saturated carbocycles. The normalized spacial score (nSPS) is 14.4. The highest BCUT2D eigenvalue weighted by molar-refractivity contribution is 5.83. The minimum atomic E-state index is -0.668. The van der Waals surface area contributed by atoms with Crippen molar-refractivity contribution in [3.63, 3.8) is 0 Å². The van der Waals surface area contributed by atoms with Crippen LogP contribution in [0.4, 0.5) is 0 Å². The van der Waals surface area contributed by atoms with Crippen molar-refractivity contribution in [2.75, 3.05) is 19.6 Å². The molecule has 2 amide bonds. The second-order valence-corrected chi connectivity index (χ2v) is 7.50. The number of ether oxygens (including phenoxy) is 1.